The number of carbonyl (C=O) groups is 1. The average Bonchev–Trinajstić information content (AvgIpc) is 2.61. The maximum atomic E-state index is 12.9. The normalized spacial score (nSPS) is 11.3. The number of nitrogens with one attached hydrogen (secondary N) is 2. The molecule has 0 radical (unpaired) electrons. The van der Waals surface area contributed by atoms with Gasteiger partial charge in [0.05, 0.1) is 10.6 Å². The first kappa shape index (κ1) is 20.9. The van der Waals surface area contributed by atoms with E-state index in [1.165, 1.54) is 6.07 Å². The Labute approximate surface area is 161 Å². The topological polar surface area (TPSA) is 84.5 Å². The molecule has 0 saturated heterocycles. The Bertz CT molecular complexity index is 924. The number of amides is 1. The fourth-order valence-electron chi connectivity index (χ4n) is 2.68. The number of anilines is 1. The van der Waals surface area contributed by atoms with E-state index in [0.717, 1.165) is 11.1 Å². The highest BCUT2D eigenvalue weighted by Gasteiger charge is 2.20. The highest BCUT2D eigenvalue weighted by molar-refractivity contribution is 7.92. The van der Waals surface area contributed by atoms with Gasteiger partial charge >= 0.3 is 0 Å². The van der Waals surface area contributed by atoms with Crippen molar-refractivity contribution in [2.24, 2.45) is 0 Å². The minimum atomic E-state index is -3.81. The highest BCUT2D eigenvalue weighted by atomic mass is 32.2. The van der Waals surface area contributed by atoms with Crippen molar-refractivity contribution in [1.82, 2.24) is 5.32 Å². The summed E-state index contributed by atoms with van der Waals surface area (Å²) in [5.74, 6) is -0.311. The number of methoxy groups -OCH3 is 1. The molecule has 6 nitrogen and oxygen atoms in total. The molecule has 27 heavy (non-hydrogen) atoms. The first-order valence-electron chi connectivity index (χ1n) is 8.72. The second-order valence-electron chi connectivity index (χ2n) is 6.51. The minimum Gasteiger partial charge on any atom is -0.385 e. The quantitative estimate of drug-likeness (QED) is 0.678. The van der Waals surface area contributed by atoms with Crippen molar-refractivity contribution in [1.29, 1.82) is 0 Å². The maximum absolute atomic E-state index is 12.9. The molecule has 0 saturated carbocycles. The summed E-state index contributed by atoms with van der Waals surface area (Å²) >= 11 is 0. The molecule has 146 valence electrons. The zero-order valence-electron chi connectivity index (χ0n) is 16.1. The van der Waals surface area contributed by atoms with E-state index in [1.54, 1.807) is 32.2 Å². The van der Waals surface area contributed by atoms with Crippen LogP contribution in [0.5, 0.6) is 0 Å². The summed E-state index contributed by atoms with van der Waals surface area (Å²) < 4.78 is 33.3. The van der Waals surface area contributed by atoms with Gasteiger partial charge < -0.3 is 10.1 Å². The van der Waals surface area contributed by atoms with Crippen LogP contribution in [0.1, 0.15) is 33.5 Å². The van der Waals surface area contributed by atoms with Gasteiger partial charge in [0.2, 0.25) is 0 Å². The molecule has 2 N–H and O–H groups in total. The van der Waals surface area contributed by atoms with E-state index < -0.39 is 10.0 Å². The summed E-state index contributed by atoms with van der Waals surface area (Å²) in [6, 6.07) is 10.2. The predicted molar refractivity (Wildman–Crippen MR) is 107 cm³/mol. The Morgan fingerprint density at radius 1 is 1.04 bits per heavy atom. The second kappa shape index (κ2) is 9.01. The first-order chi connectivity index (χ1) is 12.7. The smallest absolute Gasteiger partial charge is 0.262 e. The van der Waals surface area contributed by atoms with E-state index in [-0.39, 0.29) is 10.8 Å². The number of hydrogen-bond acceptors (Lipinski definition) is 4. The number of sulfonamides is 1. The molecule has 0 atom stereocenters. The third kappa shape index (κ3) is 5.55. The van der Waals surface area contributed by atoms with Gasteiger partial charge in [-0.15, -0.1) is 0 Å². The Morgan fingerprint density at radius 3 is 2.44 bits per heavy atom. The molecular formula is C20H26N2O4S. The highest BCUT2D eigenvalue weighted by Crippen LogP contribution is 2.23. The molecule has 0 bridgehead atoms. The van der Waals surface area contributed by atoms with Crippen molar-refractivity contribution in [3.8, 4) is 0 Å². The van der Waals surface area contributed by atoms with Crippen LogP contribution < -0.4 is 10.0 Å². The Hall–Kier alpha value is -2.38. The molecule has 7 heteroatoms. The van der Waals surface area contributed by atoms with Crippen molar-refractivity contribution in [3.63, 3.8) is 0 Å². The minimum absolute atomic E-state index is 0.0898. The van der Waals surface area contributed by atoms with E-state index in [1.807, 2.05) is 26.0 Å². The van der Waals surface area contributed by atoms with Crippen molar-refractivity contribution >= 4 is 21.6 Å². The molecular weight excluding hydrogens is 364 g/mol. The number of benzene rings is 2. The molecule has 0 aliphatic rings. The van der Waals surface area contributed by atoms with Crippen LogP contribution in [0.15, 0.2) is 41.3 Å². The standard InChI is InChI=1S/C20H26N2O4S/c1-14-6-9-18(16(3)12-14)22-27(24,25)19-13-17(8-7-15(19)2)20(23)21-10-5-11-26-4/h6-9,12-13,22H,5,10-11H2,1-4H3,(H,21,23). The van der Waals surface area contributed by atoms with Gasteiger partial charge in [-0.1, -0.05) is 23.8 Å². The van der Waals surface area contributed by atoms with Crippen LogP contribution in [0, 0.1) is 20.8 Å². The Kier molecular flexibility index (Phi) is 6.98. The van der Waals surface area contributed by atoms with Crippen LogP contribution in [0.2, 0.25) is 0 Å². The number of carbonyl (C=O) groups excluding carboxylic acids is 1. The monoisotopic (exact) mass is 390 g/mol. The summed E-state index contributed by atoms with van der Waals surface area (Å²) in [5.41, 5.74) is 3.29. The van der Waals surface area contributed by atoms with Crippen LogP contribution >= 0.6 is 0 Å². The summed E-state index contributed by atoms with van der Waals surface area (Å²) in [4.78, 5) is 12.4. The molecule has 0 aromatic heterocycles. The summed E-state index contributed by atoms with van der Waals surface area (Å²) in [7, 11) is -2.22. The van der Waals surface area contributed by atoms with Crippen LogP contribution in [-0.2, 0) is 14.8 Å². The van der Waals surface area contributed by atoms with E-state index in [0.29, 0.717) is 36.4 Å². The van der Waals surface area contributed by atoms with Gasteiger partial charge in [0.1, 0.15) is 0 Å². The van der Waals surface area contributed by atoms with E-state index in [4.69, 9.17) is 4.74 Å². The molecule has 0 unspecified atom stereocenters. The van der Waals surface area contributed by atoms with Crippen LogP contribution in [0.4, 0.5) is 5.69 Å². The Morgan fingerprint density at radius 2 is 1.78 bits per heavy atom. The molecule has 0 fully saturated rings. The molecule has 0 spiro atoms. The molecule has 0 aliphatic carbocycles. The lowest BCUT2D eigenvalue weighted by molar-refractivity contribution is 0.0948. The van der Waals surface area contributed by atoms with Gasteiger partial charge in [0.15, 0.2) is 0 Å². The zero-order valence-corrected chi connectivity index (χ0v) is 16.9. The number of rotatable bonds is 8. The van der Waals surface area contributed by atoms with Gasteiger partial charge in [-0.25, -0.2) is 8.42 Å². The van der Waals surface area contributed by atoms with Crippen molar-refractivity contribution in [2.75, 3.05) is 25.0 Å². The lowest BCUT2D eigenvalue weighted by atomic mass is 10.1. The second-order valence-corrected chi connectivity index (χ2v) is 8.16. The maximum Gasteiger partial charge on any atom is 0.262 e. The average molecular weight is 391 g/mol. The molecule has 2 rings (SSSR count). The SMILES string of the molecule is COCCCNC(=O)c1ccc(C)c(S(=O)(=O)Nc2ccc(C)cc2C)c1. The summed E-state index contributed by atoms with van der Waals surface area (Å²) in [6.07, 6.45) is 0.688. The number of hydrogen-bond donors (Lipinski definition) is 2. The first-order valence-corrected chi connectivity index (χ1v) is 10.2. The van der Waals surface area contributed by atoms with E-state index >= 15 is 0 Å². The van der Waals surface area contributed by atoms with Crippen molar-refractivity contribution in [3.05, 3.63) is 58.7 Å². The number of aryl methyl sites for hydroxylation is 3. The largest absolute Gasteiger partial charge is 0.385 e. The van der Waals surface area contributed by atoms with Gasteiger partial charge in [0.25, 0.3) is 15.9 Å². The fourth-order valence-corrected chi connectivity index (χ4v) is 4.08. The molecule has 1 amide bonds. The van der Waals surface area contributed by atoms with E-state index in [2.05, 4.69) is 10.0 Å². The lowest BCUT2D eigenvalue weighted by Crippen LogP contribution is -2.25. The third-order valence-corrected chi connectivity index (χ3v) is 5.68. The number of ether oxygens (including phenoxy) is 1. The zero-order chi connectivity index (χ0) is 20.0. The lowest BCUT2D eigenvalue weighted by Gasteiger charge is -2.14. The Balaban J connectivity index is 2.24. The molecule has 2 aromatic rings. The molecule has 0 aliphatic heterocycles. The van der Waals surface area contributed by atoms with Crippen LogP contribution in [-0.4, -0.2) is 34.6 Å². The molecule has 2 aromatic carbocycles. The van der Waals surface area contributed by atoms with Crippen molar-refractivity contribution in [2.45, 2.75) is 32.1 Å². The van der Waals surface area contributed by atoms with Crippen LogP contribution in [0.3, 0.4) is 0 Å². The summed E-state index contributed by atoms with van der Waals surface area (Å²) in [5, 5.41) is 2.76. The van der Waals surface area contributed by atoms with Gasteiger partial charge in [-0.05, 0) is 56.5 Å². The van der Waals surface area contributed by atoms with Crippen molar-refractivity contribution < 1.29 is 17.9 Å². The fraction of sp³-hybridized carbons (Fsp3) is 0.350. The summed E-state index contributed by atoms with van der Waals surface area (Å²) in [6.45, 7) is 6.51. The molecule has 0 heterocycles. The predicted octanol–water partition coefficient (Wildman–Crippen LogP) is 3.18. The van der Waals surface area contributed by atoms with Gasteiger partial charge in [0, 0.05) is 25.8 Å². The van der Waals surface area contributed by atoms with E-state index in [9.17, 15) is 13.2 Å². The third-order valence-electron chi connectivity index (χ3n) is 4.18. The van der Waals surface area contributed by atoms with Gasteiger partial charge in [-0.3, -0.25) is 9.52 Å². The van der Waals surface area contributed by atoms with Gasteiger partial charge in [-0.2, -0.15) is 0 Å². The van der Waals surface area contributed by atoms with Crippen LogP contribution in [0.25, 0.3) is 0 Å².